The second-order valence-corrected chi connectivity index (χ2v) is 12.1. The van der Waals surface area contributed by atoms with Gasteiger partial charge in [-0.3, -0.25) is 10.2 Å². The minimum Gasteiger partial charge on any atom is -0.375 e. The lowest BCUT2D eigenvalue weighted by Gasteiger charge is -2.27. The zero-order valence-electron chi connectivity index (χ0n) is 23.2. The number of likely N-dealkylation sites (tertiary alicyclic amines) is 1. The van der Waals surface area contributed by atoms with Crippen molar-refractivity contribution in [2.24, 2.45) is 11.8 Å². The number of nitrogens with one attached hydrogen (secondary N) is 1. The molecule has 2 aromatic carbocycles. The quantitative estimate of drug-likeness (QED) is 0.482. The van der Waals surface area contributed by atoms with E-state index >= 15 is 0 Å². The normalized spacial score (nSPS) is 18.6. The van der Waals surface area contributed by atoms with Crippen LogP contribution in [-0.4, -0.2) is 57.4 Å². The first kappa shape index (κ1) is 27.1. The Labute approximate surface area is 220 Å². The molecule has 0 radical (unpaired) electrons. The van der Waals surface area contributed by atoms with Crippen molar-refractivity contribution < 1.29 is 14.3 Å². The number of rotatable bonds is 8. The van der Waals surface area contributed by atoms with Crippen molar-refractivity contribution in [3.05, 3.63) is 65.8 Å². The molecule has 3 aromatic rings. The van der Waals surface area contributed by atoms with Gasteiger partial charge in [0.15, 0.2) is 0 Å². The molecule has 7 nitrogen and oxygen atoms in total. The summed E-state index contributed by atoms with van der Waals surface area (Å²) in [5, 5.41) is 8.95. The van der Waals surface area contributed by atoms with Gasteiger partial charge in [-0.1, -0.05) is 42.5 Å². The predicted molar refractivity (Wildman–Crippen MR) is 146 cm³/mol. The smallest absolute Gasteiger partial charge is 0.242 e. The summed E-state index contributed by atoms with van der Waals surface area (Å²) in [6, 6.07) is 18.1. The fourth-order valence-corrected chi connectivity index (χ4v) is 4.85. The first-order valence-corrected chi connectivity index (χ1v) is 13.2. The number of aromatic nitrogens is 2. The molecule has 1 saturated heterocycles. The molecule has 0 spiro atoms. The average molecular weight is 507 g/mol. The Bertz CT molecular complexity index is 1240. The number of carbonyl (C=O) groups is 1. The van der Waals surface area contributed by atoms with Gasteiger partial charge < -0.3 is 23.5 Å². The lowest BCUT2D eigenvalue weighted by Crippen LogP contribution is -2.36. The minimum atomic E-state index is -0.233. The second kappa shape index (κ2) is 10.8. The monoisotopic (exact) mass is 506 g/mol. The molecule has 1 fully saturated rings. The SMILES string of the molecule is CC(C)(C)OCC1CN(C(=O)Cn2c(=N)n(Cc3ccccc3)c3ccccc32)CC1COC(C)(C)C. The van der Waals surface area contributed by atoms with Gasteiger partial charge in [-0.2, -0.15) is 0 Å². The highest BCUT2D eigenvalue weighted by molar-refractivity contribution is 5.81. The summed E-state index contributed by atoms with van der Waals surface area (Å²) in [7, 11) is 0. The molecule has 1 aliphatic heterocycles. The van der Waals surface area contributed by atoms with E-state index in [-0.39, 0.29) is 35.5 Å². The van der Waals surface area contributed by atoms with Gasteiger partial charge >= 0.3 is 0 Å². The van der Waals surface area contributed by atoms with E-state index in [1.54, 1.807) is 0 Å². The van der Waals surface area contributed by atoms with E-state index in [0.717, 1.165) is 16.6 Å². The molecule has 2 atom stereocenters. The minimum absolute atomic E-state index is 0.0279. The van der Waals surface area contributed by atoms with Crippen molar-refractivity contribution in [3.8, 4) is 0 Å². The fourth-order valence-electron chi connectivity index (χ4n) is 4.85. The average Bonchev–Trinajstić information content (AvgIpc) is 3.36. The van der Waals surface area contributed by atoms with Gasteiger partial charge in [-0.05, 0) is 59.2 Å². The molecule has 1 amide bonds. The number of hydrogen-bond donors (Lipinski definition) is 1. The van der Waals surface area contributed by atoms with Crippen molar-refractivity contribution in [2.75, 3.05) is 26.3 Å². The van der Waals surface area contributed by atoms with Gasteiger partial charge in [0.05, 0.1) is 42.0 Å². The van der Waals surface area contributed by atoms with E-state index < -0.39 is 0 Å². The summed E-state index contributed by atoms with van der Waals surface area (Å²) in [6.07, 6.45) is 0. The molecule has 1 aromatic heterocycles. The lowest BCUT2D eigenvalue weighted by atomic mass is 9.97. The highest BCUT2D eigenvalue weighted by Gasteiger charge is 2.37. The summed E-state index contributed by atoms with van der Waals surface area (Å²) in [4.78, 5) is 15.5. The van der Waals surface area contributed by atoms with Crippen LogP contribution in [0, 0.1) is 17.2 Å². The first-order chi connectivity index (χ1) is 17.4. The highest BCUT2D eigenvalue weighted by atomic mass is 16.5. The Hall–Kier alpha value is -2.90. The van der Waals surface area contributed by atoms with Crippen LogP contribution < -0.4 is 5.62 Å². The molecule has 200 valence electrons. The third kappa shape index (κ3) is 6.90. The maximum absolute atomic E-state index is 13.6. The van der Waals surface area contributed by atoms with Crippen molar-refractivity contribution in [2.45, 2.75) is 65.8 Å². The standard InChI is InChI=1S/C30H42N4O3/c1-29(2,3)36-20-23-17-32(18-24(23)21-37-30(4,5)6)27(35)19-34-26-15-11-10-14-25(26)33(28(34)31)16-22-12-8-7-9-13-22/h7-15,23-24,31H,16-21H2,1-6H3. The van der Waals surface area contributed by atoms with E-state index in [0.29, 0.717) is 38.5 Å². The Kier molecular flexibility index (Phi) is 7.95. The molecule has 1 aliphatic rings. The Balaban J connectivity index is 1.54. The zero-order valence-corrected chi connectivity index (χ0v) is 23.2. The maximum Gasteiger partial charge on any atom is 0.242 e. The van der Waals surface area contributed by atoms with Crippen molar-refractivity contribution >= 4 is 16.9 Å². The van der Waals surface area contributed by atoms with E-state index in [1.165, 1.54) is 0 Å². The van der Waals surface area contributed by atoms with Gasteiger partial charge in [0.1, 0.15) is 6.54 Å². The van der Waals surface area contributed by atoms with Crippen LogP contribution in [0.25, 0.3) is 11.0 Å². The van der Waals surface area contributed by atoms with Gasteiger partial charge in [0, 0.05) is 24.9 Å². The fraction of sp³-hybridized carbons (Fsp3) is 0.533. The van der Waals surface area contributed by atoms with Crippen molar-refractivity contribution in [1.29, 1.82) is 5.41 Å². The third-order valence-electron chi connectivity index (χ3n) is 6.84. The van der Waals surface area contributed by atoms with Crippen LogP contribution in [0.1, 0.15) is 47.1 Å². The maximum atomic E-state index is 13.6. The largest absolute Gasteiger partial charge is 0.375 e. The Morgan fingerprint density at radius 3 is 1.81 bits per heavy atom. The number of benzene rings is 2. The van der Waals surface area contributed by atoms with Crippen LogP contribution in [0.4, 0.5) is 0 Å². The number of hydrogen-bond acceptors (Lipinski definition) is 4. The van der Waals surface area contributed by atoms with Crippen LogP contribution >= 0.6 is 0 Å². The molecular formula is C30H42N4O3. The molecular weight excluding hydrogens is 464 g/mol. The molecule has 0 saturated carbocycles. The van der Waals surface area contributed by atoms with Gasteiger partial charge in [0.25, 0.3) is 0 Å². The van der Waals surface area contributed by atoms with Crippen LogP contribution in [0.3, 0.4) is 0 Å². The molecule has 0 aliphatic carbocycles. The topological polar surface area (TPSA) is 72.5 Å². The van der Waals surface area contributed by atoms with Crippen LogP contribution in [0.5, 0.6) is 0 Å². The van der Waals surface area contributed by atoms with E-state index in [9.17, 15) is 4.79 Å². The number of carbonyl (C=O) groups excluding carboxylic acids is 1. The van der Waals surface area contributed by atoms with Crippen LogP contribution in [0.2, 0.25) is 0 Å². The summed E-state index contributed by atoms with van der Waals surface area (Å²) in [6.45, 7) is 15.6. The van der Waals surface area contributed by atoms with Crippen molar-refractivity contribution in [3.63, 3.8) is 0 Å². The number of amides is 1. The molecule has 37 heavy (non-hydrogen) atoms. The molecule has 1 N–H and O–H groups in total. The molecule has 4 rings (SSSR count). The van der Waals surface area contributed by atoms with Crippen LogP contribution in [0.15, 0.2) is 54.6 Å². The van der Waals surface area contributed by atoms with E-state index in [4.69, 9.17) is 14.9 Å². The highest BCUT2D eigenvalue weighted by Crippen LogP contribution is 2.28. The number of para-hydroxylation sites is 2. The molecule has 2 unspecified atom stereocenters. The number of fused-ring (bicyclic) bond motifs is 1. The van der Waals surface area contributed by atoms with Gasteiger partial charge in [-0.15, -0.1) is 0 Å². The summed E-state index contributed by atoms with van der Waals surface area (Å²) >= 11 is 0. The Morgan fingerprint density at radius 2 is 1.30 bits per heavy atom. The molecule has 2 heterocycles. The first-order valence-electron chi connectivity index (χ1n) is 13.2. The second-order valence-electron chi connectivity index (χ2n) is 12.1. The van der Waals surface area contributed by atoms with E-state index in [2.05, 4.69) is 53.7 Å². The summed E-state index contributed by atoms with van der Waals surface area (Å²) in [5.41, 5.74) is 2.85. The van der Waals surface area contributed by atoms with Crippen LogP contribution in [-0.2, 0) is 27.4 Å². The summed E-state index contributed by atoms with van der Waals surface area (Å²) < 4.78 is 16.1. The zero-order chi connectivity index (χ0) is 26.8. The Morgan fingerprint density at radius 1 is 0.811 bits per heavy atom. The van der Waals surface area contributed by atoms with Gasteiger partial charge in [-0.25, -0.2) is 0 Å². The van der Waals surface area contributed by atoms with Gasteiger partial charge in [0.2, 0.25) is 11.5 Å². The molecule has 7 heteroatoms. The number of nitrogens with zero attached hydrogens (tertiary/aromatic N) is 3. The van der Waals surface area contributed by atoms with E-state index in [1.807, 2.05) is 56.5 Å². The third-order valence-corrected chi connectivity index (χ3v) is 6.84. The predicted octanol–water partition coefficient (Wildman–Crippen LogP) is 4.68. The van der Waals surface area contributed by atoms with Crippen molar-refractivity contribution in [1.82, 2.24) is 14.0 Å². The molecule has 0 bridgehead atoms. The number of ether oxygens (including phenoxy) is 2. The lowest BCUT2D eigenvalue weighted by molar-refractivity contribution is -0.131. The number of imidazole rings is 1. The summed E-state index contributed by atoms with van der Waals surface area (Å²) in [5.74, 6) is 0.455.